The number of hydrazine groups is 1. The van der Waals surface area contributed by atoms with E-state index < -0.39 is 0 Å². The van der Waals surface area contributed by atoms with Crippen molar-refractivity contribution in [2.45, 2.75) is 17.4 Å². The van der Waals surface area contributed by atoms with Gasteiger partial charge in [0, 0.05) is 16.2 Å². The highest BCUT2D eigenvalue weighted by atomic mass is 79.9. The zero-order valence-electron chi connectivity index (χ0n) is 10.0. The van der Waals surface area contributed by atoms with Crippen molar-refractivity contribution in [1.29, 1.82) is 0 Å². The lowest BCUT2D eigenvalue weighted by molar-refractivity contribution is 0.555. The molecule has 96 valence electrons. The summed E-state index contributed by atoms with van der Waals surface area (Å²) in [4.78, 5) is 2.59. The molecule has 0 amide bonds. The molecular formula is C13H15BrN2S2. The molecule has 0 aliphatic carbocycles. The summed E-state index contributed by atoms with van der Waals surface area (Å²) in [5.74, 6) is 5.67. The van der Waals surface area contributed by atoms with E-state index in [1.807, 2.05) is 0 Å². The van der Waals surface area contributed by atoms with Gasteiger partial charge in [-0.15, -0.1) is 23.1 Å². The van der Waals surface area contributed by atoms with Gasteiger partial charge in [-0.2, -0.15) is 0 Å². The summed E-state index contributed by atoms with van der Waals surface area (Å²) < 4.78 is 1.16. The number of thiophene rings is 1. The monoisotopic (exact) mass is 342 g/mol. The molecule has 0 saturated heterocycles. The summed E-state index contributed by atoms with van der Waals surface area (Å²) in [7, 11) is 0. The highest BCUT2D eigenvalue weighted by molar-refractivity contribution is 9.11. The van der Waals surface area contributed by atoms with E-state index in [0.717, 1.165) is 10.2 Å². The minimum absolute atomic E-state index is 0.159. The summed E-state index contributed by atoms with van der Waals surface area (Å²) >= 11 is 6.98. The van der Waals surface area contributed by atoms with E-state index >= 15 is 0 Å². The maximum Gasteiger partial charge on any atom is 0.0701 e. The standard InChI is InChI=1S/C13H15BrN2S2/c1-17-10-4-2-9(3-5-10)12(16-15)8-11-6-7-13(14)18-11/h2-7,12,16H,8,15H2,1H3. The average Bonchev–Trinajstić information content (AvgIpc) is 2.82. The van der Waals surface area contributed by atoms with Crippen molar-refractivity contribution in [3.63, 3.8) is 0 Å². The highest BCUT2D eigenvalue weighted by Crippen LogP contribution is 2.27. The molecule has 1 heterocycles. The fourth-order valence-electron chi connectivity index (χ4n) is 1.77. The molecule has 3 N–H and O–H groups in total. The van der Waals surface area contributed by atoms with Crippen LogP contribution >= 0.6 is 39.0 Å². The van der Waals surface area contributed by atoms with Gasteiger partial charge in [-0.1, -0.05) is 12.1 Å². The van der Waals surface area contributed by atoms with Crippen LogP contribution in [0.25, 0.3) is 0 Å². The molecule has 0 spiro atoms. The van der Waals surface area contributed by atoms with E-state index in [0.29, 0.717) is 0 Å². The first kappa shape index (κ1) is 14.1. The lowest BCUT2D eigenvalue weighted by atomic mass is 10.0. The second-order valence-corrected chi connectivity index (χ2v) is 7.33. The molecule has 2 aromatic rings. The molecule has 0 radical (unpaired) electrons. The number of thioether (sulfide) groups is 1. The van der Waals surface area contributed by atoms with Crippen molar-refractivity contribution < 1.29 is 0 Å². The first-order valence-electron chi connectivity index (χ1n) is 5.57. The van der Waals surface area contributed by atoms with E-state index in [4.69, 9.17) is 5.84 Å². The van der Waals surface area contributed by atoms with Crippen molar-refractivity contribution >= 4 is 39.0 Å². The van der Waals surface area contributed by atoms with E-state index in [9.17, 15) is 0 Å². The Morgan fingerprint density at radius 3 is 2.50 bits per heavy atom. The summed E-state index contributed by atoms with van der Waals surface area (Å²) in [6.07, 6.45) is 2.99. The van der Waals surface area contributed by atoms with Crippen molar-refractivity contribution in [2.24, 2.45) is 5.84 Å². The molecule has 1 atom stereocenters. The maximum absolute atomic E-state index is 5.67. The van der Waals surface area contributed by atoms with Crippen LogP contribution in [0.3, 0.4) is 0 Å². The molecule has 2 nitrogen and oxygen atoms in total. The topological polar surface area (TPSA) is 38.0 Å². The number of nitrogens with one attached hydrogen (secondary N) is 1. The lowest BCUT2D eigenvalue weighted by Gasteiger charge is -2.15. The lowest BCUT2D eigenvalue weighted by Crippen LogP contribution is -2.29. The largest absolute Gasteiger partial charge is 0.271 e. The number of benzene rings is 1. The molecule has 0 saturated carbocycles. The molecule has 18 heavy (non-hydrogen) atoms. The quantitative estimate of drug-likeness (QED) is 0.490. The number of hydrogen-bond acceptors (Lipinski definition) is 4. The van der Waals surface area contributed by atoms with E-state index in [2.05, 4.69) is 64.0 Å². The van der Waals surface area contributed by atoms with Crippen molar-refractivity contribution in [1.82, 2.24) is 5.43 Å². The Morgan fingerprint density at radius 2 is 2.00 bits per heavy atom. The Hall–Kier alpha value is -0.330. The van der Waals surface area contributed by atoms with Gasteiger partial charge in [0.2, 0.25) is 0 Å². The number of hydrogen-bond donors (Lipinski definition) is 2. The van der Waals surface area contributed by atoms with Gasteiger partial charge < -0.3 is 0 Å². The second kappa shape index (κ2) is 6.73. The summed E-state index contributed by atoms with van der Waals surface area (Å²) in [6.45, 7) is 0. The van der Waals surface area contributed by atoms with Crippen molar-refractivity contribution in [3.05, 3.63) is 50.6 Å². The zero-order chi connectivity index (χ0) is 13.0. The molecule has 1 aromatic carbocycles. The minimum Gasteiger partial charge on any atom is -0.271 e. The van der Waals surface area contributed by atoms with Gasteiger partial charge in [0.25, 0.3) is 0 Å². The van der Waals surface area contributed by atoms with Gasteiger partial charge in [0.1, 0.15) is 0 Å². The van der Waals surface area contributed by atoms with Gasteiger partial charge in [-0.3, -0.25) is 11.3 Å². The highest BCUT2D eigenvalue weighted by Gasteiger charge is 2.11. The van der Waals surface area contributed by atoms with Crippen LogP contribution in [-0.4, -0.2) is 6.26 Å². The zero-order valence-corrected chi connectivity index (χ0v) is 13.2. The molecule has 5 heteroatoms. The summed E-state index contributed by atoms with van der Waals surface area (Å²) in [5.41, 5.74) is 4.12. The van der Waals surface area contributed by atoms with Crippen LogP contribution < -0.4 is 11.3 Å². The third-order valence-electron chi connectivity index (χ3n) is 2.75. The van der Waals surface area contributed by atoms with Gasteiger partial charge in [0.05, 0.1) is 9.83 Å². The first-order chi connectivity index (χ1) is 8.72. The third kappa shape index (κ3) is 3.59. The third-order valence-corrected chi connectivity index (χ3v) is 5.14. The number of halogens is 1. The smallest absolute Gasteiger partial charge is 0.0701 e. The van der Waals surface area contributed by atoms with Crippen LogP contribution in [0.5, 0.6) is 0 Å². The molecule has 2 rings (SSSR count). The average molecular weight is 343 g/mol. The Morgan fingerprint density at radius 1 is 1.28 bits per heavy atom. The van der Waals surface area contributed by atoms with Crippen molar-refractivity contribution in [2.75, 3.05) is 6.26 Å². The van der Waals surface area contributed by atoms with Crippen LogP contribution in [0.4, 0.5) is 0 Å². The van der Waals surface area contributed by atoms with Gasteiger partial charge in [-0.25, -0.2) is 0 Å². The summed E-state index contributed by atoms with van der Waals surface area (Å²) in [6, 6.07) is 12.9. The van der Waals surface area contributed by atoms with Crippen LogP contribution in [0.1, 0.15) is 16.5 Å². The fraction of sp³-hybridized carbons (Fsp3) is 0.231. The van der Waals surface area contributed by atoms with Crippen molar-refractivity contribution in [3.8, 4) is 0 Å². The van der Waals surface area contributed by atoms with Gasteiger partial charge in [-0.05, 0) is 52.0 Å². The number of rotatable bonds is 5. The normalized spacial score (nSPS) is 12.6. The molecule has 0 aliphatic rings. The van der Waals surface area contributed by atoms with E-state index in [-0.39, 0.29) is 6.04 Å². The van der Waals surface area contributed by atoms with Crippen LogP contribution in [0, 0.1) is 0 Å². The molecule has 1 unspecified atom stereocenters. The van der Waals surface area contributed by atoms with E-state index in [1.54, 1.807) is 23.1 Å². The molecule has 1 aromatic heterocycles. The molecule has 0 aliphatic heterocycles. The van der Waals surface area contributed by atoms with Gasteiger partial charge >= 0.3 is 0 Å². The Kier molecular flexibility index (Phi) is 5.26. The predicted molar refractivity (Wildman–Crippen MR) is 84.0 cm³/mol. The van der Waals surface area contributed by atoms with Crippen LogP contribution in [0.2, 0.25) is 0 Å². The molecule has 0 bridgehead atoms. The van der Waals surface area contributed by atoms with Crippen LogP contribution in [0.15, 0.2) is 45.1 Å². The second-order valence-electron chi connectivity index (χ2n) is 3.90. The first-order valence-corrected chi connectivity index (χ1v) is 8.40. The fourth-order valence-corrected chi connectivity index (χ4v) is 3.71. The maximum atomic E-state index is 5.67. The predicted octanol–water partition coefficient (Wildman–Crippen LogP) is 3.98. The molecular weight excluding hydrogens is 328 g/mol. The van der Waals surface area contributed by atoms with Crippen LogP contribution in [-0.2, 0) is 6.42 Å². The summed E-state index contributed by atoms with van der Waals surface area (Å²) in [5, 5.41) is 0. The Labute approximate surface area is 124 Å². The van der Waals surface area contributed by atoms with E-state index in [1.165, 1.54) is 15.3 Å². The van der Waals surface area contributed by atoms with Gasteiger partial charge in [0.15, 0.2) is 0 Å². The Balaban J connectivity index is 2.12. The minimum atomic E-state index is 0.159. The Bertz CT molecular complexity index is 496. The molecule has 0 fully saturated rings. The number of nitrogens with two attached hydrogens (primary N) is 1. The SMILES string of the molecule is CSc1ccc(C(Cc2ccc(Br)s2)NN)cc1.